The number of hydrogen-bond acceptors (Lipinski definition) is 1. The first-order valence-electron chi connectivity index (χ1n) is 7.60. The highest BCUT2D eigenvalue weighted by Gasteiger charge is 2.27. The first kappa shape index (κ1) is 13.9. The SMILES string of the molecule is CC1C=CCC2=C(CCCC2)C1CNC(C)(C)C. The van der Waals surface area contributed by atoms with Gasteiger partial charge in [-0.3, -0.25) is 0 Å². The van der Waals surface area contributed by atoms with Crippen molar-refractivity contribution >= 4 is 0 Å². The quantitative estimate of drug-likeness (QED) is 0.711. The summed E-state index contributed by atoms with van der Waals surface area (Å²) in [5.41, 5.74) is 3.77. The van der Waals surface area contributed by atoms with Crippen molar-refractivity contribution in [1.82, 2.24) is 5.32 Å². The number of allylic oxidation sites excluding steroid dienone is 3. The van der Waals surface area contributed by atoms with Gasteiger partial charge in [-0.1, -0.05) is 30.2 Å². The third-order valence-corrected chi connectivity index (χ3v) is 4.37. The van der Waals surface area contributed by atoms with Crippen LogP contribution in [0.2, 0.25) is 0 Å². The molecule has 0 radical (unpaired) electrons. The Labute approximate surface area is 113 Å². The molecule has 2 aliphatic carbocycles. The normalized spacial score (nSPS) is 29.1. The highest BCUT2D eigenvalue weighted by atomic mass is 14.9. The fraction of sp³-hybridized carbons (Fsp3) is 0.765. The third kappa shape index (κ3) is 3.47. The van der Waals surface area contributed by atoms with Crippen LogP contribution < -0.4 is 5.32 Å². The molecular weight excluding hydrogens is 218 g/mol. The molecule has 0 saturated carbocycles. The van der Waals surface area contributed by atoms with Crippen LogP contribution in [0.4, 0.5) is 0 Å². The predicted octanol–water partition coefficient (Wildman–Crippen LogP) is 4.46. The van der Waals surface area contributed by atoms with Crippen LogP contribution in [-0.2, 0) is 0 Å². The van der Waals surface area contributed by atoms with Crippen LogP contribution >= 0.6 is 0 Å². The van der Waals surface area contributed by atoms with Crippen LogP contribution in [0.5, 0.6) is 0 Å². The molecule has 18 heavy (non-hydrogen) atoms. The highest BCUT2D eigenvalue weighted by molar-refractivity contribution is 5.26. The molecule has 102 valence electrons. The smallest absolute Gasteiger partial charge is 0.00967 e. The zero-order valence-electron chi connectivity index (χ0n) is 12.6. The average molecular weight is 247 g/mol. The van der Waals surface area contributed by atoms with E-state index >= 15 is 0 Å². The highest BCUT2D eigenvalue weighted by Crippen LogP contribution is 2.37. The van der Waals surface area contributed by atoms with Gasteiger partial charge in [0.15, 0.2) is 0 Å². The Morgan fingerprint density at radius 1 is 1.22 bits per heavy atom. The van der Waals surface area contributed by atoms with Crippen molar-refractivity contribution in [1.29, 1.82) is 0 Å². The standard InChI is InChI=1S/C17H29N/c1-13-8-7-10-14-9-5-6-11-15(14)16(13)12-18-17(2,3)4/h7-8,13,16,18H,5-6,9-12H2,1-4H3. The van der Waals surface area contributed by atoms with E-state index in [1.54, 1.807) is 11.1 Å². The van der Waals surface area contributed by atoms with Crippen LogP contribution in [0.15, 0.2) is 23.3 Å². The van der Waals surface area contributed by atoms with Gasteiger partial charge in [0.1, 0.15) is 0 Å². The molecule has 0 fully saturated rings. The molecule has 2 unspecified atom stereocenters. The fourth-order valence-electron chi connectivity index (χ4n) is 3.27. The summed E-state index contributed by atoms with van der Waals surface area (Å²) >= 11 is 0. The van der Waals surface area contributed by atoms with E-state index in [-0.39, 0.29) is 5.54 Å². The van der Waals surface area contributed by atoms with Gasteiger partial charge in [0.2, 0.25) is 0 Å². The van der Waals surface area contributed by atoms with E-state index in [9.17, 15) is 0 Å². The van der Waals surface area contributed by atoms with Crippen molar-refractivity contribution in [2.45, 2.75) is 65.3 Å². The van der Waals surface area contributed by atoms with E-state index in [0.717, 1.165) is 12.5 Å². The van der Waals surface area contributed by atoms with E-state index in [2.05, 4.69) is 45.2 Å². The molecule has 0 aliphatic heterocycles. The summed E-state index contributed by atoms with van der Waals surface area (Å²) in [6, 6.07) is 0. The maximum absolute atomic E-state index is 3.71. The molecule has 2 aliphatic rings. The Balaban J connectivity index is 2.14. The van der Waals surface area contributed by atoms with Gasteiger partial charge in [0.25, 0.3) is 0 Å². The monoisotopic (exact) mass is 247 g/mol. The van der Waals surface area contributed by atoms with Gasteiger partial charge >= 0.3 is 0 Å². The summed E-state index contributed by atoms with van der Waals surface area (Å²) in [5.74, 6) is 1.41. The van der Waals surface area contributed by atoms with E-state index in [0.29, 0.717) is 5.92 Å². The average Bonchev–Trinajstić information content (AvgIpc) is 2.44. The van der Waals surface area contributed by atoms with Gasteiger partial charge < -0.3 is 5.32 Å². The van der Waals surface area contributed by atoms with E-state index in [1.165, 1.54) is 32.1 Å². The molecule has 0 spiro atoms. The second-order valence-electron chi connectivity index (χ2n) is 7.06. The summed E-state index contributed by atoms with van der Waals surface area (Å²) in [7, 11) is 0. The molecule has 1 heteroatoms. The molecule has 0 saturated heterocycles. The van der Waals surface area contributed by atoms with Gasteiger partial charge in [-0.2, -0.15) is 0 Å². The van der Waals surface area contributed by atoms with Crippen LogP contribution in [0.3, 0.4) is 0 Å². The van der Waals surface area contributed by atoms with Crippen molar-refractivity contribution < 1.29 is 0 Å². The molecule has 1 nitrogen and oxygen atoms in total. The largest absolute Gasteiger partial charge is 0.311 e. The number of hydrogen-bond donors (Lipinski definition) is 1. The van der Waals surface area contributed by atoms with E-state index in [1.807, 2.05) is 0 Å². The lowest BCUT2D eigenvalue weighted by atomic mass is 9.79. The van der Waals surface area contributed by atoms with Crippen molar-refractivity contribution in [2.24, 2.45) is 11.8 Å². The third-order valence-electron chi connectivity index (χ3n) is 4.37. The molecule has 0 bridgehead atoms. The molecule has 0 amide bonds. The molecular formula is C17H29N. The molecule has 1 N–H and O–H groups in total. The zero-order chi connectivity index (χ0) is 13.2. The van der Waals surface area contributed by atoms with Crippen LogP contribution in [0.1, 0.15) is 59.8 Å². The predicted molar refractivity (Wildman–Crippen MR) is 79.7 cm³/mol. The Morgan fingerprint density at radius 3 is 2.67 bits per heavy atom. The molecule has 2 atom stereocenters. The van der Waals surface area contributed by atoms with Crippen LogP contribution in [0, 0.1) is 11.8 Å². The Kier molecular flexibility index (Phi) is 4.32. The van der Waals surface area contributed by atoms with Crippen molar-refractivity contribution in [2.75, 3.05) is 6.54 Å². The Bertz CT molecular complexity index is 343. The van der Waals surface area contributed by atoms with E-state index < -0.39 is 0 Å². The Morgan fingerprint density at radius 2 is 1.94 bits per heavy atom. The first-order valence-corrected chi connectivity index (χ1v) is 7.60. The second-order valence-corrected chi connectivity index (χ2v) is 7.06. The fourth-order valence-corrected chi connectivity index (χ4v) is 3.27. The molecule has 0 aromatic carbocycles. The van der Waals surface area contributed by atoms with Crippen LogP contribution in [0.25, 0.3) is 0 Å². The topological polar surface area (TPSA) is 12.0 Å². The van der Waals surface area contributed by atoms with Gasteiger partial charge in [-0.05, 0) is 64.7 Å². The van der Waals surface area contributed by atoms with E-state index in [4.69, 9.17) is 0 Å². The maximum Gasteiger partial charge on any atom is 0.00967 e. The first-order chi connectivity index (χ1) is 8.47. The summed E-state index contributed by atoms with van der Waals surface area (Å²) in [4.78, 5) is 0. The molecule has 0 aromatic rings. The van der Waals surface area contributed by atoms with Gasteiger partial charge in [-0.15, -0.1) is 0 Å². The minimum Gasteiger partial charge on any atom is -0.311 e. The molecule has 0 aromatic heterocycles. The Hall–Kier alpha value is -0.560. The lowest BCUT2D eigenvalue weighted by Gasteiger charge is -2.32. The summed E-state index contributed by atoms with van der Waals surface area (Å²) in [5, 5.41) is 3.71. The summed E-state index contributed by atoms with van der Waals surface area (Å²) < 4.78 is 0. The number of rotatable bonds is 2. The maximum atomic E-state index is 3.71. The van der Waals surface area contributed by atoms with Crippen LogP contribution in [-0.4, -0.2) is 12.1 Å². The summed E-state index contributed by atoms with van der Waals surface area (Å²) in [6.45, 7) is 10.3. The summed E-state index contributed by atoms with van der Waals surface area (Å²) in [6.07, 6.45) is 11.6. The second kappa shape index (κ2) is 5.61. The van der Waals surface area contributed by atoms with Crippen molar-refractivity contribution in [3.8, 4) is 0 Å². The number of nitrogens with one attached hydrogen (secondary N) is 1. The van der Waals surface area contributed by atoms with Crippen molar-refractivity contribution in [3.05, 3.63) is 23.3 Å². The molecule has 0 heterocycles. The minimum absolute atomic E-state index is 0.227. The van der Waals surface area contributed by atoms with Crippen molar-refractivity contribution in [3.63, 3.8) is 0 Å². The van der Waals surface area contributed by atoms with Gasteiger partial charge in [0, 0.05) is 12.1 Å². The zero-order valence-corrected chi connectivity index (χ0v) is 12.6. The van der Waals surface area contributed by atoms with Gasteiger partial charge in [-0.25, -0.2) is 0 Å². The molecule has 2 rings (SSSR count). The lowest BCUT2D eigenvalue weighted by Crippen LogP contribution is -2.41. The van der Waals surface area contributed by atoms with Gasteiger partial charge in [0.05, 0.1) is 0 Å². The lowest BCUT2D eigenvalue weighted by molar-refractivity contribution is 0.351. The minimum atomic E-state index is 0.227.